The maximum atomic E-state index is 13.5. The molecule has 0 spiro atoms. The molecule has 0 bridgehead atoms. The van der Waals surface area contributed by atoms with Crippen LogP contribution in [0.5, 0.6) is 11.5 Å². The molecule has 0 fully saturated rings. The lowest BCUT2D eigenvalue weighted by atomic mass is 10.1. The summed E-state index contributed by atoms with van der Waals surface area (Å²) in [5, 5.41) is 2.91. The summed E-state index contributed by atoms with van der Waals surface area (Å²) in [5.41, 5.74) is 3.10. The SMILES string of the molecule is Cc1cc(C)cc(N(CC(=O)N[C@H](C)c2ccc3c(c2)OCCO3)S(=O)(=O)c2ccccc2)c1. The van der Waals surface area contributed by atoms with Crippen molar-refractivity contribution in [3.8, 4) is 11.5 Å². The summed E-state index contributed by atoms with van der Waals surface area (Å²) in [6.07, 6.45) is 0. The molecule has 7 nitrogen and oxygen atoms in total. The summed E-state index contributed by atoms with van der Waals surface area (Å²) >= 11 is 0. The number of carbonyl (C=O) groups is 1. The van der Waals surface area contributed by atoms with Gasteiger partial charge in [0.1, 0.15) is 19.8 Å². The number of nitrogens with one attached hydrogen (secondary N) is 1. The molecule has 1 atom stereocenters. The first-order chi connectivity index (χ1) is 16.2. The largest absolute Gasteiger partial charge is 0.486 e. The molecule has 34 heavy (non-hydrogen) atoms. The Morgan fingerprint density at radius 3 is 2.26 bits per heavy atom. The Hall–Kier alpha value is -3.52. The van der Waals surface area contributed by atoms with Crippen LogP contribution in [-0.2, 0) is 14.8 Å². The van der Waals surface area contributed by atoms with Crippen LogP contribution in [0.25, 0.3) is 0 Å². The number of ether oxygens (including phenoxy) is 2. The third-order valence-electron chi connectivity index (χ3n) is 5.56. The number of nitrogens with zero attached hydrogens (tertiary/aromatic N) is 1. The summed E-state index contributed by atoms with van der Waals surface area (Å²) in [6.45, 7) is 6.26. The standard InChI is InChI=1S/C26H28N2O5S/c1-18-13-19(2)15-22(14-18)28(34(30,31)23-7-5-4-6-8-23)17-26(29)27-20(3)21-9-10-24-25(16-21)33-12-11-32-24/h4-10,13-16,20H,11-12,17H2,1-3H3,(H,27,29)/t20-/m1/s1. The number of hydrogen-bond donors (Lipinski definition) is 1. The van der Waals surface area contributed by atoms with Crippen molar-refractivity contribution < 1.29 is 22.7 Å². The lowest BCUT2D eigenvalue weighted by Crippen LogP contribution is -2.41. The highest BCUT2D eigenvalue weighted by Gasteiger charge is 2.28. The van der Waals surface area contributed by atoms with Gasteiger partial charge in [0, 0.05) is 0 Å². The lowest BCUT2D eigenvalue weighted by Gasteiger charge is -2.26. The Morgan fingerprint density at radius 2 is 1.59 bits per heavy atom. The molecule has 3 aromatic rings. The van der Waals surface area contributed by atoms with Crippen molar-refractivity contribution in [1.82, 2.24) is 5.32 Å². The molecule has 1 aliphatic heterocycles. The molecule has 0 aromatic heterocycles. The molecule has 1 N–H and O–H groups in total. The number of benzene rings is 3. The normalized spacial score (nSPS) is 13.7. The zero-order chi connectivity index (χ0) is 24.3. The van der Waals surface area contributed by atoms with Gasteiger partial charge in [0.25, 0.3) is 10.0 Å². The van der Waals surface area contributed by atoms with Gasteiger partial charge in [0.05, 0.1) is 16.6 Å². The second kappa shape index (κ2) is 9.77. The van der Waals surface area contributed by atoms with Gasteiger partial charge in [0.15, 0.2) is 11.5 Å². The van der Waals surface area contributed by atoms with Crippen molar-refractivity contribution >= 4 is 21.6 Å². The van der Waals surface area contributed by atoms with Crippen LogP contribution in [-0.4, -0.2) is 34.1 Å². The summed E-state index contributed by atoms with van der Waals surface area (Å²) in [4.78, 5) is 13.2. The second-order valence-electron chi connectivity index (χ2n) is 8.36. The topological polar surface area (TPSA) is 84.9 Å². The van der Waals surface area contributed by atoms with Crippen molar-refractivity contribution in [2.75, 3.05) is 24.1 Å². The van der Waals surface area contributed by atoms with E-state index in [1.807, 2.05) is 45.0 Å². The number of anilines is 1. The van der Waals surface area contributed by atoms with Crippen molar-refractivity contribution in [2.24, 2.45) is 0 Å². The van der Waals surface area contributed by atoms with Crippen molar-refractivity contribution in [1.29, 1.82) is 0 Å². The fourth-order valence-electron chi connectivity index (χ4n) is 3.96. The van der Waals surface area contributed by atoms with Crippen LogP contribution in [0.1, 0.15) is 29.7 Å². The van der Waals surface area contributed by atoms with Gasteiger partial charge in [-0.25, -0.2) is 8.42 Å². The number of hydrogen-bond acceptors (Lipinski definition) is 5. The summed E-state index contributed by atoms with van der Waals surface area (Å²) in [5.74, 6) is 0.887. The first kappa shape index (κ1) is 23.6. The molecular weight excluding hydrogens is 452 g/mol. The quantitative estimate of drug-likeness (QED) is 0.549. The minimum Gasteiger partial charge on any atom is -0.486 e. The molecule has 1 heterocycles. The number of fused-ring (bicyclic) bond motifs is 1. The molecule has 1 amide bonds. The van der Waals surface area contributed by atoms with Crippen LogP contribution < -0.4 is 19.1 Å². The number of carbonyl (C=O) groups excluding carboxylic acids is 1. The summed E-state index contributed by atoms with van der Waals surface area (Å²) < 4.78 is 39.4. The maximum Gasteiger partial charge on any atom is 0.264 e. The molecule has 3 aromatic carbocycles. The van der Waals surface area contributed by atoms with Gasteiger partial charge in [-0.15, -0.1) is 0 Å². The lowest BCUT2D eigenvalue weighted by molar-refractivity contribution is -0.120. The van der Waals surface area contributed by atoms with Crippen LogP contribution in [0, 0.1) is 13.8 Å². The third kappa shape index (κ3) is 5.17. The first-order valence-corrected chi connectivity index (χ1v) is 12.5. The first-order valence-electron chi connectivity index (χ1n) is 11.1. The van der Waals surface area contributed by atoms with Gasteiger partial charge in [-0.05, 0) is 73.9 Å². The zero-order valence-corrected chi connectivity index (χ0v) is 20.3. The molecular formula is C26H28N2O5S. The molecule has 178 valence electrons. The van der Waals surface area contributed by atoms with Gasteiger partial charge in [-0.3, -0.25) is 9.10 Å². The van der Waals surface area contributed by atoms with E-state index in [1.54, 1.807) is 30.3 Å². The predicted molar refractivity (Wildman–Crippen MR) is 131 cm³/mol. The van der Waals surface area contributed by atoms with Crippen LogP contribution in [0.4, 0.5) is 5.69 Å². The molecule has 0 radical (unpaired) electrons. The Balaban J connectivity index is 1.59. The van der Waals surface area contributed by atoms with E-state index in [-0.39, 0.29) is 17.5 Å². The maximum absolute atomic E-state index is 13.5. The van der Waals surface area contributed by atoms with Gasteiger partial charge < -0.3 is 14.8 Å². The van der Waals surface area contributed by atoms with Crippen LogP contribution >= 0.6 is 0 Å². The van der Waals surface area contributed by atoms with Crippen LogP contribution in [0.3, 0.4) is 0 Å². The summed E-state index contributed by atoms with van der Waals surface area (Å²) in [6, 6.07) is 18.8. The van der Waals surface area contributed by atoms with E-state index >= 15 is 0 Å². The Bertz CT molecular complexity index is 1270. The summed E-state index contributed by atoms with van der Waals surface area (Å²) in [7, 11) is -3.96. The average molecular weight is 481 g/mol. The Labute approximate surface area is 200 Å². The fraction of sp³-hybridized carbons (Fsp3) is 0.269. The van der Waals surface area contributed by atoms with Gasteiger partial charge >= 0.3 is 0 Å². The van der Waals surface area contributed by atoms with Gasteiger partial charge in [-0.2, -0.15) is 0 Å². The minimum atomic E-state index is -3.96. The van der Waals surface area contributed by atoms with Crippen LogP contribution in [0.15, 0.2) is 71.6 Å². The van der Waals surface area contributed by atoms with Crippen molar-refractivity contribution in [3.63, 3.8) is 0 Å². The van der Waals surface area contributed by atoms with E-state index in [0.717, 1.165) is 21.0 Å². The second-order valence-corrected chi connectivity index (χ2v) is 10.2. The van der Waals surface area contributed by atoms with Gasteiger partial charge in [-0.1, -0.05) is 30.3 Å². The number of amides is 1. The number of aryl methyl sites for hydroxylation is 2. The number of sulfonamides is 1. The van der Waals surface area contributed by atoms with E-state index < -0.39 is 15.9 Å². The van der Waals surface area contributed by atoms with E-state index in [4.69, 9.17) is 9.47 Å². The molecule has 1 aliphatic rings. The minimum absolute atomic E-state index is 0.127. The number of rotatable bonds is 7. The predicted octanol–water partition coefficient (Wildman–Crippen LogP) is 4.15. The molecule has 0 unspecified atom stereocenters. The highest BCUT2D eigenvalue weighted by atomic mass is 32.2. The zero-order valence-electron chi connectivity index (χ0n) is 19.4. The Morgan fingerprint density at radius 1 is 0.941 bits per heavy atom. The average Bonchev–Trinajstić information content (AvgIpc) is 2.82. The molecule has 0 saturated heterocycles. The highest BCUT2D eigenvalue weighted by Crippen LogP contribution is 2.32. The van der Waals surface area contributed by atoms with E-state index in [9.17, 15) is 13.2 Å². The highest BCUT2D eigenvalue weighted by molar-refractivity contribution is 7.92. The monoisotopic (exact) mass is 480 g/mol. The fourth-order valence-corrected chi connectivity index (χ4v) is 5.39. The molecule has 0 aliphatic carbocycles. The van der Waals surface area contributed by atoms with Crippen LogP contribution in [0.2, 0.25) is 0 Å². The van der Waals surface area contributed by atoms with E-state index in [1.165, 1.54) is 12.1 Å². The smallest absolute Gasteiger partial charge is 0.264 e. The third-order valence-corrected chi connectivity index (χ3v) is 7.34. The Kier molecular flexibility index (Phi) is 6.79. The van der Waals surface area contributed by atoms with E-state index in [0.29, 0.717) is 30.4 Å². The van der Waals surface area contributed by atoms with E-state index in [2.05, 4.69) is 5.32 Å². The molecule has 8 heteroatoms. The van der Waals surface area contributed by atoms with Crippen molar-refractivity contribution in [2.45, 2.75) is 31.7 Å². The van der Waals surface area contributed by atoms with Crippen molar-refractivity contribution in [3.05, 3.63) is 83.4 Å². The van der Waals surface area contributed by atoms with Gasteiger partial charge in [0.2, 0.25) is 5.91 Å². The molecule has 4 rings (SSSR count). The molecule has 0 saturated carbocycles.